The first-order chi connectivity index (χ1) is 7.76. The molecule has 4 aliphatic rings. The average Bonchev–Trinajstić information content (AvgIpc) is 2.92. The van der Waals surface area contributed by atoms with E-state index in [0.29, 0.717) is 11.3 Å². The molecule has 1 amide bonds. The number of nitrogens with one attached hydrogen (secondary N) is 1. The van der Waals surface area contributed by atoms with Gasteiger partial charge in [-0.1, -0.05) is 19.3 Å². The van der Waals surface area contributed by atoms with Crippen LogP contribution in [0.25, 0.3) is 0 Å². The van der Waals surface area contributed by atoms with Gasteiger partial charge in [-0.2, -0.15) is 0 Å². The van der Waals surface area contributed by atoms with Crippen molar-refractivity contribution >= 4 is 5.91 Å². The molecule has 3 atom stereocenters. The summed E-state index contributed by atoms with van der Waals surface area (Å²) in [4.78, 5) is 11.9. The van der Waals surface area contributed by atoms with Gasteiger partial charge in [0.25, 0.3) is 0 Å². The Morgan fingerprint density at radius 3 is 2.56 bits per heavy atom. The summed E-state index contributed by atoms with van der Waals surface area (Å²) in [7, 11) is 0. The molecule has 4 rings (SSSR count). The third-order valence-electron chi connectivity index (χ3n) is 6.11. The molecular formula is C14H21NO. The molecule has 3 saturated carbocycles. The van der Waals surface area contributed by atoms with Gasteiger partial charge in [0.05, 0.1) is 0 Å². The van der Waals surface area contributed by atoms with Crippen LogP contribution in [0.1, 0.15) is 57.8 Å². The summed E-state index contributed by atoms with van der Waals surface area (Å²) in [6.45, 7) is 0. The van der Waals surface area contributed by atoms with Crippen molar-refractivity contribution in [1.29, 1.82) is 0 Å². The summed E-state index contributed by atoms with van der Waals surface area (Å²) in [6.07, 6.45) is 11.6. The quantitative estimate of drug-likeness (QED) is 0.666. The topological polar surface area (TPSA) is 29.1 Å². The van der Waals surface area contributed by atoms with E-state index in [-0.39, 0.29) is 5.54 Å². The molecule has 3 aliphatic carbocycles. The van der Waals surface area contributed by atoms with Crippen molar-refractivity contribution in [1.82, 2.24) is 5.32 Å². The van der Waals surface area contributed by atoms with Crippen molar-refractivity contribution in [3.63, 3.8) is 0 Å². The highest BCUT2D eigenvalue weighted by molar-refractivity contribution is 5.81. The molecule has 1 saturated heterocycles. The first kappa shape index (κ1) is 9.49. The minimum Gasteiger partial charge on any atom is -0.350 e. The van der Waals surface area contributed by atoms with E-state index >= 15 is 0 Å². The lowest BCUT2D eigenvalue weighted by molar-refractivity contribution is -0.120. The molecule has 4 fully saturated rings. The minimum atomic E-state index is 0.234. The van der Waals surface area contributed by atoms with Crippen LogP contribution in [0.5, 0.6) is 0 Å². The van der Waals surface area contributed by atoms with Gasteiger partial charge < -0.3 is 5.32 Å². The van der Waals surface area contributed by atoms with E-state index in [0.717, 1.165) is 18.3 Å². The van der Waals surface area contributed by atoms with Crippen molar-refractivity contribution in [2.24, 2.45) is 17.3 Å². The second kappa shape index (κ2) is 2.83. The number of carbonyl (C=O) groups excluding carboxylic acids is 1. The molecule has 0 aromatic rings. The maximum atomic E-state index is 11.9. The van der Waals surface area contributed by atoms with Gasteiger partial charge in [-0.05, 0) is 43.9 Å². The highest BCUT2D eigenvalue weighted by Gasteiger charge is 2.69. The monoisotopic (exact) mass is 219 g/mol. The predicted octanol–water partition coefficient (Wildman–Crippen LogP) is 2.63. The summed E-state index contributed by atoms with van der Waals surface area (Å²) >= 11 is 0. The van der Waals surface area contributed by atoms with Crippen LogP contribution in [0.15, 0.2) is 0 Å². The molecule has 1 aliphatic heterocycles. The molecule has 1 N–H and O–H groups in total. The SMILES string of the molecule is O=C1CC2(CCC3CC32)C2(CCCCC2)N1. The zero-order valence-electron chi connectivity index (χ0n) is 9.93. The molecule has 2 spiro atoms. The highest BCUT2D eigenvalue weighted by atomic mass is 16.2. The van der Waals surface area contributed by atoms with Crippen LogP contribution < -0.4 is 5.32 Å². The van der Waals surface area contributed by atoms with Crippen LogP contribution in [0, 0.1) is 17.3 Å². The second-order valence-electron chi connectivity index (χ2n) is 6.66. The van der Waals surface area contributed by atoms with Crippen LogP contribution in [0.3, 0.4) is 0 Å². The molecular weight excluding hydrogens is 198 g/mol. The third-order valence-corrected chi connectivity index (χ3v) is 6.11. The van der Waals surface area contributed by atoms with E-state index in [1.54, 1.807) is 0 Å². The highest BCUT2D eigenvalue weighted by Crippen LogP contribution is 2.70. The molecule has 88 valence electrons. The number of hydrogen-bond acceptors (Lipinski definition) is 1. The Balaban J connectivity index is 1.75. The summed E-state index contributed by atoms with van der Waals surface area (Å²) in [5, 5.41) is 3.42. The van der Waals surface area contributed by atoms with Gasteiger partial charge in [-0.15, -0.1) is 0 Å². The fraction of sp³-hybridized carbons (Fsp3) is 0.929. The number of carbonyl (C=O) groups is 1. The summed E-state index contributed by atoms with van der Waals surface area (Å²) in [6, 6.07) is 0. The van der Waals surface area contributed by atoms with Gasteiger partial charge in [0.2, 0.25) is 5.91 Å². The van der Waals surface area contributed by atoms with Gasteiger partial charge in [-0.25, -0.2) is 0 Å². The maximum absolute atomic E-state index is 11.9. The lowest BCUT2D eigenvalue weighted by atomic mass is 9.61. The average molecular weight is 219 g/mol. The first-order valence-electron chi connectivity index (χ1n) is 7.07. The van der Waals surface area contributed by atoms with Gasteiger partial charge in [0.1, 0.15) is 0 Å². The number of hydrogen-bond donors (Lipinski definition) is 1. The molecule has 2 heteroatoms. The van der Waals surface area contributed by atoms with E-state index in [2.05, 4.69) is 5.32 Å². The molecule has 0 aromatic heterocycles. The van der Waals surface area contributed by atoms with Crippen LogP contribution in [-0.4, -0.2) is 11.4 Å². The maximum Gasteiger partial charge on any atom is 0.221 e. The number of fused-ring (bicyclic) bond motifs is 3. The van der Waals surface area contributed by atoms with Crippen LogP contribution in [-0.2, 0) is 4.79 Å². The number of rotatable bonds is 0. The van der Waals surface area contributed by atoms with Crippen LogP contribution in [0.2, 0.25) is 0 Å². The molecule has 0 aromatic carbocycles. The van der Waals surface area contributed by atoms with Crippen molar-refractivity contribution in [2.45, 2.75) is 63.3 Å². The van der Waals surface area contributed by atoms with Gasteiger partial charge in [0.15, 0.2) is 0 Å². The van der Waals surface area contributed by atoms with Gasteiger partial charge in [0, 0.05) is 17.4 Å². The second-order valence-corrected chi connectivity index (χ2v) is 6.66. The van der Waals surface area contributed by atoms with E-state index in [4.69, 9.17) is 0 Å². The van der Waals surface area contributed by atoms with E-state index in [1.165, 1.54) is 51.4 Å². The molecule has 3 unspecified atom stereocenters. The predicted molar refractivity (Wildman–Crippen MR) is 61.8 cm³/mol. The number of amides is 1. The Hall–Kier alpha value is -0.530. The Kier molecular flexibility index (Phi) is 1.68. The van der Waals surface area contributed by atoms with Crippen molar-refractivity contribution in [3.05, 3.63) is 0 Å². The molecule has 0 radical (unpaired) electrons. The van der Waals surface area contributed by atoms with Gasteiger partial charge >= 0.3 is 0 Å². The standard InChI is InChI=1S/C14H21NO/c16-12-9-13(7-4-10-8-11(10)13)14(15-12)5-2-1-3-6-14/h10-11H,1-9H2,(H,15,16). The lowest BCUT2D eigenvalue weighted by Gasteiger charge is -2.47. The fourth-order valence-electron chi connectivity index (χ4n) is 5.35. The van der Waals surface area contributed by atoms with E-state index < -0.39 is 0 Å². The smallest absolute Gasteiger partial charge is 0.221 e. The van der Waals surface area contributed by atoms with Gasteiger partial charge in [-0.3, -0.25) is 4.79 Å². The Labute approximate surface area is 97.2 Å². The Bertz CT molecular complexity index is 345. The third kappa shape index (κ3) is 0.970. The fourth-order valence-corrected chi connectivity index (χ4v) is 5.35. The zero-order chi connectivity index (χ0) is 10.8. The Morgan fingerprint density at radius 1 is 1.12 bits per heavy atom. The van der Waals surface area contributed by atoms with Crippen LogP contribution in [0.4, 0.5) is 0 Å². The molecule has 0 bridgehead atoms. The summed E-state index contributed by atoms with van der Waals surface area (Å²) in [5.41, 5.74) is 0.632. The van der Waals surface area contributed by atoms with Crippen molar-refractivity contribution in [2.75, 3.05) is 0 Å². The van der Waals surface area contributed by atoms with E-state index in [9.17, 15) is 4.79 Å². The Morgan fingerprint density at radius 2 is 1.94 bits per heavy atom. The van der Waals surface area contributed by atoms with Crippen LogP contribution >= 0.6 is 0 Å². The normalized spacial score (nSPS) is 48.4. The first-order valence-corrected chi connectivity index (χ1v) is 7.07. The minimum absolute atomic E-state index is 0.234. The molecule has 2 nitrogen and oxygen atoms in total. The van der Waals surface area contributed by atoms with Crippen molar-refractivity contribution in [3.8, 4) is 0 Å². The van der Waals surface area contributed by atoms with Crippen molar-refractivity contribution < 1.29 is 4.79 Å². The molecule has 1 heterocycles. The molecule has 16 heavy (non-hydrogen) atoms. The van der Waals surface area contributed by atoms with E-state index in [1.807, 2.05) is 0 Å². The lowest BCUT2D eigenvalue weighted by Crippen LogP contribution is -2.53. The zero-order valence-corrected chi connectivity index (χ0v) is 9.93. The summed E-state index contributed by atoms with van der Waals surface area (Å²) in [5.74, 6) is 2.26. The summed E-state index contributed by atoms with van der Waals surface area (Å²) < 4.78 is 0. The largest absolute Gasteiger partial charge is 0.350 e.